The van der Waals surface area contributed by atoms with Gasteiger partial charge in [-0.3, -0.25) is 4.79 Å². The molecule has 0 spiro atoms. The normalized spacial score (nSPS) is 18.3. The summed E-state index contributed by atoms with van der Waals surface area (Å²) in [4.78, 5) is 12.0. The maximum absolute atomic E-state index is 12.0. The Labute approximate surface area is 133 Å². The first-order valence-electron chi connectivity index (χ1n) is 6.57. The van der Waals surface area contributed by atoms with Gasteiger partial charge in [-0.15, -0.1) is 0 Å². The Balaban J connectivity index is 2.09. The molecule has 1 N–H and O–H groups in total. The summed E-state index contributed by atoms with van der Waals surface area (Å²) in [7, 11) is 0. The molecule has 1 unspecified atom stereocenters. The Bertz CT molecular complexity index is 582. The van der Waals surface area contributed by atoms with Crippen LogP contribution < -0.4 is 5.32 Å². The van der Waals surface area contributed by atoms with E-state index < -0.39 is 5.91 Å². The topological polar surface area (TPSA) is 62.1 Å². The van der Waals surface area contributed by atoms with Crippen LogP contribution in [-0.4, -0.2) is 25.2 Å². The Hall–Kier alpha value is -1.54. The van der Waals surface area contributed by atoms with Crippen molar-refractivity contribution in [3.63, 3.8) is 0 Å². The maximum Gasteiger partial charge on any atom is 0.262 e. The minimum absolute atomic E-state index is 0.0257. The summed E-state index contributed by atoms with van der Waals surface area (Å²) in [5, 5.41) is 12.6. The highest BCUT2D eigenvalue weighted by Crippen LogP contribution is 2.26. The first-order chi connectivity index (χ1) is 10.1. The van der Waals surface area contributed by atoms with Gasteiger partial charge in [-0.2, -0.15) is 5.26 Å². The summed E-state index contributed by atoms with van der Waals surface area (Å²) >= 11 is 12.1. The molecule has 0 aliphatic carbocycles. The Kier molecular flexibility index (Phi) is 5.63. The van der Waals surface area contributed by atoms with Crippen LogP contribution in [0.25, 0.3) is 6.08 Å². The molecule has 0 bridgehead atoms. The molecule has 1 aliphatic rings. The van der Waals surface area contributed by atoms with Crippen molar-refractivity contribution in [2.24, 2.45) is 0 Å². The number of rotatable bonds is 4. The van der Waals surface area contributed by atoms with E-state index in [0.29, 0.717) is 22.2 Å². The second-order valence-electron chi connectivity index (χ2n) is 4.65. The molecule has 4 nitrogen and oxygen atoms in total. The lowest BCUT2D eigenvalue weighted by molar-refractivity contribution is -0.117. The number of halogens is 2. The van der Waals surface area contributed by atoms with E-state index in [-0.39, 0.29) is 11.7 Å². The molecule has 1 heterocycles. The third-order valence-corrected chi connectivity index (χ3v) is 3.83. The molecule has 1 atom stereocenters. The molecule has 1 aromatic rings. The average Bonchev–Trinajstić information content (AvgIpc) is 2.98. The molecule has 1 fully saturated rings. The first-order valence-corrected chi connectivity index (χ1v) is 7.33. The highest BCUT2D eigenvalue weighted by molar-refractivity contribution is 6.37. The Morgan fingerprint density at radius 1 is 1.48 bits per heavy atom. The number of nitriles is 1. The van der Waals surface area contributed by atoms with E-state index in [2.05, 4.69) is 5.32 Å². The second kappa shape index (κ2) is 7.46. The quantitative estimate of drug-likeness (QED) is 0.683. The van der Waals surface area contributed by atoms with E-state index in [1.165, 1.54) is 6.08 Å². The standard InChI is InChI=1S/C15H14Cl2N2O2/c16-13-4-1-5-14(17)12(13)7-10(8-18)15(20)19-9-11-3-2-6-21-11/h1,4-5,7,11H,2-3,6,9H2,(H,19,20). The van der Waals surface area contributed by atoms with Gasteiger partial charge in [-0.1, -0.05) is 29.3 Å². The molecule has 0 radical (unpaired) electrons. The predicted octanol–water partition coefficient (Wildman–Crippen LogP) is 3.20. The van der Waals surface area contributed by atoms with Crippen LogP contribution in [0, 0.1) is 11.3 Å². The average molecular weight is 325 g/mol. The van der Waals surface area contributed by atoms with Crippen molar-refractivity contribution in [1.29, 1.82) is 5.26 Å². The number of nitrogens with one attached hydrogen (secondary N) is 1. The van der Waals surface area contributed by atoms with Crippen LogP contribution in [0.1, 0.15) is 18.4 Å². The summed E-state index contributed by atoms with van der Waals surface area (Å²) in [5.74, 6) is -0.455. The van der Waals surface area contributed by atoms with Gasteiger partial charge in [0.1, 0.15) is 11.6 Å². The minimum atomic E-state index is -0.455. The molecule has 0 saturated carbocycles. The monoisotopic (exact) mass is 324 g/mol. The zero-order valence-corrected chi connectivity index (χ0v) is 12.7. The second-order valence-corrected chi connectivity index (χ2v) is 5.46. The lowest BCUT2D eigenvalue weighted by atomic mass is 10.1. The molecular formula is C15H14Cl2N2O2. The van der Waals surface area contributed by atoms with Crippen molar-refractivity contribution < 1.29 is 9.53 Å². The maximum atomic E-state index is 12.0. The fraction of sp³-hybridized carbons (Fsp3) is 0.333. The van der Waals surface area contributed by atoms with Gasteiger partial charge in [0.2, 0.25) is 0 Å². The van der Waals surface area contributed by atoms with Gasteiger partial charge in [0.15, 0.2) is 0 Å². The SMILES string of the molecule is N#CC(=Cc1c(Cl)cccc1Cl)C(=O)NCC1CCCO1. The number of benzene rings is 1. The Morgan fingerprint density at radius 2 is 2.19 bits per heavy atom. The van der Waals surface area contributed by atoms with Crippen molar-refractivity contribution in [3.8, 4) is 6.07 Å². The highest BCUT2D eigenvalue weighted by Gasteiger charge is 2.18. The Morgan fingerprint density at radius 3 is 2.76 bits per heavy atom. The number of nitrogens with zero attached hydrogens (tertiary/aromatic N) is 1. The van der Waals surface area contributed by atoms with Gasteiger partial charge in [-0.05, 0) is 31.1 Å². The van der Waals surface area contributed by atoms with Gasteiger partial charge in [0, 0.05) is 28.8 Å². The van der Waals surface area contributed by atoms with Gasteiger partial charge < -0.3 is 10.1 Å². The third-order valence-electron chi connectivity index (χ3n) is 3.17. The van der Waals surface area contributed by atoms with Gasteiger partial charge in [-0.25, -0.2) is 0 Å². The lowest BCUT2D eigenvalue weighted by Crippen LogP contribution is -2.32. The molecule has 1 aromatic carbocycles. The van der Waals surface area contributed by atoms with Crippen molar-refractivity contribution in [2.75, 3.05) is 13.2 Å². The largest absolute Gasteiger partial charge is 0.376 e. The summed E-state index contributed by atoms with van der Waals surface area (Å²) in [6.07, 6.45) is 3.34. The number of carbonyl (C=O) groups is 1. The molecule has 0 aromatic heterocycles. The van der Waals surface area contributed by atoms with E-state index in [0.717, 1.165) is 19.4 Å². The predicted molar refractivity (Wildman–Crippen MR) is 82.0 cm³/mol. The first kappa shape index (κ1) is 15.8. The number of hydrogen-bond acceptors (Lipinski definition) is 3. The smallest absolute Gasteiger partial charge is 0.262 e. The van der Waals surface area contributed by atoms with Crippen LogP contribution in [0.15, 0.2) is 23.8 Å². The van der Waals surface area contributed by atoms with Crippen LogP contribution in [0.3, 0.4) is 0 Å². The van der Waals surface area contributed by atoms with E-state index in [4.69, 9.17) is 33.2 Å². The molecular weight excluding hydrogens is 311 g/mol. The summed E-state index contributed by atoms with van der Waals surface area (Å²) < 4.78 is 5.41. The van der Waals surface area contributed by atoms with Crippen molar-refractivity contribution in [1.82, 2.24) is 5.32 Å². The van der Waals surface area contributed by atoms with E-state index in [1.54, 1.807) is 18.2 Å². The van der Waals surface area contributed by atoms with Crippen LogP contribution in [0.5, 0.6) is 0 Å². The molecule has 6 heteroatoms. The van der Waals surface area contributed by atoms with Crippen LogP contribution in [0.4, 0.5) is 0 Å². The lowest BCUT2D eigenvalue weighted by Gasteiger charge is -2.10. The zero-order chi connectivity index (χ0) is 15.2. The van der Waals surface area contributed by atoms with Crippen LogP contribution >= 0.6 is 23.2 Å². The fourth-order valence-electron chi connectivity index (χ4n) is 2.05. The van der Waals surface area contributed by atoms with Gasteiger partial charge in [0.25, 0.3) is 5.91 Å². The summed E-state index contributed by atoms with van der Waals surface area (Å²) in [6, 6.07) is 6.87. The van der Waals surface area contributed by atoms with E-state index in [1.807, 2.05) is 6.07 Å². The van der Waals surface area contributed by atoms with Crippen molar-refractivity contribution >= 4 is 35.2 Å². The molecule has 21 heavy (non-hydrogen) atoms. The molecule has 1 saturated heterocycles. The van der Waals surface area contributed by atoms with Crippen molar-refractivity contribution in [2.45, 2.75) is 18.9 Å². The van der Waals surface area contributed by atoms with Gasteiger partial charge >= 0.3 is 0 Å². The number of carbonyl (C=O) groups excluding carboxylic acids is 1. The number of hydrogen-bond donors (Lipinski definition) is 1. The van der Waals surface area contributed by atoms with Crippen molar-refractivity contribution in [3.05, 3.63) is 39.4 Å². The zero-order valence-electron chi connectivity index (χ0n) is 11.2. The third kappa shape index (κ3) is 4.21. The minimum Gasteiger partial charge on any atom is -0.376 e. The van der Waals surface area contributed by atoms with Crippen LogP contribution in [-0.2, 0) is 9.53 Å². The molecule has 1 amide bonds. The fourth-order valence-corrected chi connectivity index (χ4v) is 2.56. The van der Waals surface area contributed by atoms with Crippen LogP contribution in [0.2, 0.25) is 10.0 Å². The molecule has 1 aliphatic heterocycles. The summed E-state index contributed by atoms with van der Waals surface area (Å²) in [5.41, 5.74) is 0.424. The molecule has 2 rings (SSSR count). The van der Waals surface area contributed by atoms with E-state index in [9.17, 15) is 4.79 Å². The number of amides is 1. The van der Waals surface area contributed by atoms with E-state index >= 15 is 0 Å². The highest BCUT2D eigenvalue weighted by atomic mass is 35.5. The number of ether oxygens (including phenoxy) is 1. The van der Waals surface area contributed by atoms with Gasteiger partial charge in [0.05, 0.1) is 6.10 Å². The molecule has 110 valence electrons. The summed E-state index contributed by atoms with van der Waals surface area (Å²) in [6.45, 7) is 1.12.